The van der Waals surface area contributed by atoms with E-state index in [1.54, 1.807) is 6.07 Å². The number of carbonyl (C=O) groups excluding carboxylic acids is 1. The van der Waals surface area contributed by atoms with E-state index >= 15 is 0 Å². The molecule has 0 aliphatic heterocycles. The van der Waals surface area contributed by atoms with Crippen molar-refractivity contribution >= 4 is 21.7 Å². The van der Waals surface area contributed by atoms with Gasteiger partial charge < -0.3 is 4.74 Å². The lowest BCUT2D eigenvalue weighted by Crippen LogP contribution is -2.42. The molecule has 1 aromatic carbocycles. The molecule has 1 aromatic rings. The fourth-order valence-corrected chi connectivity index (χ4v) is 3.57. The van der Waals surface area contributed by atoms with Crippen molar-refractivity contribution in [2.24, 2.45) is 0 Å². The molecule has 0 atom stereocenters. The highest BCUT2D eigenvalue weighted by molar-refractivity contribution is 9.10. The topological polar surface area (TPSA) is 26.3 Å². The van der Waals surface area contributed by atoms with E-state index in [1.807, 2.05) is 6.92 Å². The number of rotatable bonds is 5. The van der Waals surface area contributed by atoms with E-state index in [1.165, 1.54) is 25.0 Å². The Bertz CT molecular complexity index is 494. The molecule has 1 aliphatic carbocycles. The van der Waals surface area contributed by atoms with Gasteiger partial charge in [-0.05, 0) is 37.5 Å². The quantitative estimate of drug-likeness (QED) is 0.706. The number of Topliss-reactive ketones (excluding diaryl/α,β-unsaturated/α-hetero) is 1. The molecule has 0 N–H and O–H groups in total. The van der Waals surface area contributed by atoms with Crippen molar-refractivity contribution < 1.29 is 13.9 Å². The van der Waals surface area contributed by atoms with Crippen LogP contribution in [0.5, 0.6) is 0 Å². The molecular weight excluding hydrogens is 335 g/mol. The van der Waals surface area contributed by atoms with Crippen LogP contribution in [0.3, 0.4) is 0 Å². The molecule has 2 rings (SSSR count). The fraction of sp³-hybridized carbons (Fsp3) is 0.588. The summed E-state index contributed by atoms with van der Waals surface area (Å²) in [7, 11) is 0. The predicted octanol–water partition coefficient (Wildman–Crippen LogP) is 4.83. The highest BCUT2D eigenvalue weighted by Gasteiger charge is 2.38. The van der Waals surface area contributed by atoms with Crippen molar-refractivity contribution in [2.75, 3.05) is 6.61 Å². The van der Waals surface area contributed by atoms with Gasteiger partial charge in [-0.15, -0.1) is 0 Å². The van der Waals surface area contributed by atoms with Crippen LogP contribution in [0.25, 0.3) is 0 Å². The molecule has 1 aliphatic rings. The molecule has 0 saturated heterocycles. The first-order valence-electron chi connectivity index (χ1n) is 7.68. The van der Waals surface area contributed by atoms with Gasteiger partial charge in [0.2, 0.25) is 0 Å². The van der Waals surface area contributed by atoms with E-state index in [4.69, 9.17) is 4.74 Å². The van der Waals surface area contributed by atoms with Crippen molar-refractivity contribution in [3.63, 3.8) is 0 Å². The van der Waals surface area contributed by atoms with Crippen LogP contribution in [-0.4, -0.2) is 18.0 Å². The van der Waals surface area contributed by atoms with Crippen molar-refractivity contribution in [3.8, 4) is 0 Å². The molecule has 2 nitrogen and oxygen atoms in total. The summed E-state index contributed by atoms with van der Waals surface area (Å²) in [5, 5.41) is 0. The van der Waals surface area contributed by atoms with Crippen molar-refractivity contribution in [2.45, 2.75) is 57.5 Å². The van der Waals surface area contributed by atoms with Gasteiger partial charge in [-0.25, -0.2) is 4.39 Å². The minimum absolute atomic E-state index is 0.124. The highest BCUT2D eigenvalue weighted by atomic mass is 79.9. The molecule has 0 aromatic heterocycles. The fourth-order valence-electron chi connectivity index (χ4n) is 3.08. The third-order valence-corrected chi connectivity index (χ3v) is 4.94. The SMILES string of the molecule is CCOC1(C(=O)Cc2ccc(F)cc2Br)CCCCCC1. The summed E-state index contributed by atoms with van der Waals surface area (Å²) in [5.74, 6) is -0.175. The molecule has 116 valence electrons. The maximum atomic E-state index is 13.1. The Labute approximate surface area is 134 Å². The molecule has 21 heavy (non-hydrogen) atoms. The van der Waals surface area contributed by atoms with Gasteiger partial charge in [0.25, 0.3) is 0 Å². The van der Waals surface area contributed by atoms with E-state index in [0.717, 1.165) is 31.2 Å². The van der Waals surface area contributed by atoms with Gasteiger partial charge in [-0.1, -0.05) is 47.7 Å². The van der Waals surface area contributed by atoms with Crippen LogP contribution in [0.4, 0.5) is 4.39 Å². The predicted molar refractivity (Wildman–Crippen MR) is 84.9 cm³/mol. The lowest BCUT2D eigenvalue weighted by Gasteiger charge is -2.31. The van der Waals surface area contributed by atoms with E-state index in [2.05, 4.69) is 15.9 Å². The summed E-state index contributed by atoms with van der Waals surface area (Å²) in [6, 6.07) is 4.48. The van der Waals surface area contributed by atoms with Crippen molar-refractivity contribution in [1.82, 2.24) is 0 Å². The molecule has 4 heteroatoms. The third kappa shape index (κ3) is 4.13. The van der Waals surface area contributed by atoms with E-state index in [9.17, 15) is 9.18 Å². The van der Waals surface area contributed by atoms with Crippen molar-refractivity contribution in [1.29, 1.82) is 0 Å². The molecular formula is C17H22BrFO2. The van der Waals surface area contributed by atoms with Gasteiger partial charge in [0.15, 0.2) is 5.78 Å². The summed E-state index contributed by atoms with van der Waals surface area (Å²) >= 11 is 3.34. The first kappa shape index (κ1) is 16.6. The zero-order chi connectivity index (χ0) is 15.3. The normalized spacial score (nSPS) is 18.2. The maximum absolute atomic E-state index is 13.1. The smallest absolute Gasteiger partial charge is 0.169 e. The summed E-state index contributed by atoms with van der Waals surface area (Å²) < 4.78 is 19.7. The summed E-state index contributed by atoms with van der Waals surface area (Å²) in [6.45, 7) is 2.49. The van der Waals surface area contributed by atoms with Gasteiger partial charge in [-0.2, -0.15) is 0 Å². The van der Waals surface area contributed by atoms with Crippen LogP contribution in [0.1, 0.15) is 51.0 Å². The molecule has 1 fully saturated rings. The number of ketones is 1. The lowest BCUT2D eigenvalue weighted by molar-refractivity contribution is -0.145. The second kappa shape index (κ2) is 7.50. The summed E-state index contributed by atoms with van der Waals surface area (Å²) in [4.78, 5) is 12.8. The molecule has 0 heterocycles. The van der Waals surface area contributed by atoms with Crippen LogP contribution in [-0.2, 0) is 16.0 Å². The number of hydrogen-bond acceptors (Lipinski definition) is 2. The minimum Gasteiger partial charge on any atom is -0.367 e. The van der Waals surface area contributed by atoms with Gasteiger partial charge >= 0.3 is 0 Å². The highest BCUT2D eigenvalue weighted by Crippen LogP contribution is 2.33. The second-order valence-corrected chi connectivity index (χ2v) is 6.53. The Balaban J connectivity index is 2.18. The Kier molecular flexibility index (Phi) is 5.94. The zero-order valence-electron chi connectivity index (χ0n) is 12.5. The molecule has 1 saturated carbocycles. The van der Waals surface area contributed by atoms with Gasteiger partial charge in [0.05, 0.1) is 0 Å². The zero-order valence-corrected chi connectivity index (χ0v) is 14.0. The van der Waals surface area contributed by atoms with Crippen LogP contribution < -0.4 is 0 Å². The standard InChI is InChI=1S/C17H22BrFO2/c1-2-21-17(9-5-3-4-6-10-17)16(20)11-13-7-8-14(19)12-15(13)18/h7-8,12H,2-6,9-11H2,1H3. The molecule has 0 radical (unpaired) electrons. The first-order chi connectivity index (χ1) is 10.1. The molecule has 0 amide bonds. The lowest BCUT2D eigenvalue weighted by atomic mass is 9.86. The Morgan fingerprint density at radius 1 is 1.29 bits per heavy atom. The molecule has 0 spiro atoms. The Morgan fingerprint density at radius 3 is 2.52 bits per heavy atom. The minimum atomic E-state index is -0.640. The van der Waals surface area contributed by atoms with E-state index in [-0.39, 0.29) is 11.6 Å². The largest absolute Gasteiger partial charge is 0.367 e. The average Bonchev–Trinajstić information content (AvgIpc) is 2.69. The Morgan fingerprint density at radius 2 is 1.95 bits per heavy atom. The van der Waals surface area contributed by atoms with Crippen molar-refractivity contribution in [3.05, 3.63) is 34.1 Å². The average molecular weight is 357 g/mol. The van der Waals surface area contributed by atoms with Crippen LogP contribution in [0, 0.1) is 5.82 Å². The van der Waals surface area contributed by atoms with Crippen LogP contribution >= 0.6 is 15.9 Å². The number of halogens is 2. The number of benzene rings is 1. The van der Waals surface area contributed by atoms with Gasteiger partial charge in [-0.3, -0.25) is 4.79 Å². The third-order valence-electron chi connectivity index (χ3n) is 4.21. The Hall–Kier alpha value is -0.740. The molecule has 0 bridgehead atoms. The first-order valence-corrected chi connectivity index (χ1v) is 8.48. The summed E-state index contributed by atoms with van der Waals surface area (Å²) in [6.07, 6.45) is 6.31. The monoisotopic (exact) mass is 356 g/mol. The van der Waals surface area contributed by atoms with Crippen LogP contribution in [0.15, 0.2) is 22.7 Å². The number of ether oxygens (including phenoxy) is 1. The van der Waals surface area contributed by atoms with Gasteiger partial charge in [0, 0.05) is 17.5 Å². The second-order valence-electron chi connectivity index (χ2n) is 5.68. The van der Waals surface area contributed by atoms with E-state index < -0.39 is 5.60 Å². The number of carbonyl (C=O) groups is 1. The van der Waals surface area contributed by atoms with Gasteiger partial charge in [0.1, 0.15) is 11.4 Å². The summed E-state index contributed by atoms with van der Waals surface area (Å²) in [5.41, 5.74) is 0.184. The maximum Gasteiger partial charge on any atom is 0.169 e. The van der Waals surface area contributed by atoms with E-state index in [0.29, 0.717) is 17.5 Å². The van der Waals surface area contributed by atoms with Crippen LogP contribution in [0.2, 0.25) is 0 Å². The number of hydrogen-bond donors (Lipinski definition) is 0. The molecule has 0 unspecified atom stereocenters.